The van der Waals surface area contributed by atoms with E-state index in [1.165, 1.54) is 31.2 Å². The highest BCUT2D eigenvalue weighted by Crippen LogP contribution is 2.24. The molecule has 1 heterocycles. The minimum Gasteiger partial charge on any atom is -0.508 e. The Labute approximate surface area is 116 Å². The Morgan fingerprint density at radius 2 is 1.68 bits per heavy atom. The Morgan fingerprint density at radius 1 is 1.11 bits per heavy atom. The minimum atomic E-state index is 0.0291. The molecule has 3 N–H and O–H groups in total. The maximum absolute atomic E-state index is 9.36. The Bertz CT molecular complexity index is 382. The van der Waals surface area contributed by atoms with Crippen molar-refractivity contribution in [2.45, 2.75) is 44.6 Å². The molecule has 1 aliphatic rings. The van der Waals surface area contributed by atoms with E-state index < -0.39 is 0 Å². The van der Waals surface area contributed by atoms with Crippen LogP contribution in [0.3, 0.4) is 0 Å². The van der Waals surface area contributed by atoms with Crippen molar-refractivity contribution in [3.05, 3.63) is 29.8 Å². The topological polar surface area (TPSA) is 49.5 Å². The molecule has 1 unspecified atom stereocenters. The number of likely N-dealkylation sites (tertiary alicyclic amines) is 1. The third kappa shape index (κ3) is 3.71. The zero-order chi connectivity index (χ0) is 13.7. The molecule has 1 aromatic rings. The average molecular weight is 262 g/mol. The summed E-state index contributed by atoms with van der Waals surface area (Å²) in [4.78, 5) is 2.56. The van der Waals surface area contributed by atoms with Crippen LogP contribution in [0, 0.1) is 0 Å². The van der Waals surface area contributed by atoms with E-state index in [0.717, 1.165) is 19.5 Å². The number of hydrogen-bond acceptors (Lipinski definition) is 3. The summed E-state index contributed by atoms with van der Waals surface area (Å²) >= 11 is 0. The average Bonchev–Trinajstić information content (AvgIpc) is 2.71. The molecule has 0 radical (unpaired) electrons. The summed E-state index contributed by atoms with van der Waals surface area (Å²) in [5.74, 6) is 0.327. The van der Waals surface area contributed by atoms with Crippen LogP contribution in [0.5, 0.6) is 5.75 Å². The van der Waals surface area contributed by atoms with E-state index in [2.05, 4.69) is 11.8 Å². The van der Waals surface area contributed by atoms with E-state index in [-0.39, 0.29) is 5.54 Å². The fourth-order valence-corrected chi connectivity index (χ4v) is 2.98. The molecule has 19 heavy (non-hydrogen) atoms. The first-order valence-corrected chi connectivity index (χ1v) is 7.37. The molecule has 1 aliphatic heterocycles. The van der Waals surface area contributed by atoms with Gasteiger partial charge in [-0.1, -0.05) is 25.0 Å². The fraction of sp³-hybridized carbons (Fsp3) is 0.625. The largest absolute Gasteiger partial charge is 0.508 e. The predicted molar refractivity (Wildman–Crippen MR) is 79.3 cm³/mol. The molecule has 1 aromatic carbocycles. The second-order valence-electron chi connectivity index (χ2n) is 5.95. The van der Waals surface area contributed by atoms with Crippen molar-refractivity contribution in [3.8, 4) is 5.75 Å². The van der Waals surface area contributed by atoms with E-state index in [9.17, 15) is 5.11 Å². The van der Waals surface area contributed by atoms with Crippen molar-refractivity contribution in [1.82, 2.24) is 4.90 Å². The molecule has 3 heteroatoms. The SMILES string of the molecule is CC(CN)(Cc1ccc(O)cc1)N1CCCCCC1. The first-order valence-electron chi connectivity index (χ1n) is 7.37. The van der Waals surface area contributed by atoms with Crippen molar-refractivity contribution >= 4 is 0 Å². The molecular formula is C16H26N2O. The van der Waals surface area contributed by atoms with Crippen LogP contribution in [0.15, 0.2) is 24.3 Å². The standard InChI is InChI=1S/C16H26N2O/c1-16(13-17,18-10-4-2-3-5-11-18)12-14-6-8-15(19)9-7-14/h6-9,19H,2-5,10-13,17H2,1H3. The van der Waals surface area contributed by atoms with Crippen LogP contribution < -0.4 is 5.73 Å². The quantitative estimate of drug-likeness (QED) is 0.876. The molecule has 1 fully saturated rings. The van der Waals surface area contributed by atoms with Crippen molar-refractivity contribution < 1.29 is 5.11 Å². The van der Waals surface area contributed by atoms with Crippen LogP contribution in [0.25, 0.3) is 0 Å². The smallest absolute Gasteiger partial charge is 0.115 e. The Balaban J connectivity index is 2.09. The maximum Gasteiger partial charge on any atom is 0.115 e. The van der Waals surface area contributed by atoms with Gasteiger partial charge in [0.15, 0.2) is 0 Å². The second-order valence-corrected chi connectivity index (χ2v) is 5.95. The Morgan fingerprint density at radius 3 is 2.21 bits per heavy atom. The Hall–Kier alpha value is -1.06. The zero-order valence-electron chi connectivity index (χ0n) is 11.9. The van der Waals surface area contributed by atoms with Gasteiger partial charge in [0.25, 0.3) is 0 Å². The van der Waals surface area contributed by atoms with Gasteiger partial charge in [-0.15, -0.1) is 0 Å². The molecule has 106 valence electrons. The van der Waals surface area contributed by atoms with Gasteiger partial charge in [0, 0.05) is 12.1 Å². The molecule has 0 spiro atoms. The van der Waals surface area contributed by atoms with E-state index in [1.54, 1.807) is 12.1 Å². The number of phenols is 1. The van der Waals surface area contributed by atoms with Gasteiger partial charge < -0.3 is 10.8 Å². The molecule has 2 rings (SSSR count). The summed E-state index contributed by atoms with van der Waals surface area (Å²) < 4.78 is 0. The normalized spacial score (nSPS) is 20.7. The van der Waals surface area contributed by atoms with E-state index in [4.69, 9.17) is 5.73 Å². The molecule has 0 saturated carbocycles. The molecule has 0 amide bonds. The van der Waals surface area contributed by atoms with Gasteiger partial charge in [0.1, 0.15) is 5.75 Å². The molecule has 1 saturated heterocycles. The number of phenolic OH excluding ortho intramolecular Hbond substituents is 1. The third-order valence-electron chi connectivity index (χ3n) is 4.33. The van der Waals surface area contributed by atoms with Gasteiger partial charge in [0.2, 0.25) is 0 Å². The lowest BCUT2D eigenvalue weighted by atomic mass is 9.90. The maximum atomic E-state index is 9.36. The molecule has 0 aliphatic carbocycles. The molecular weight excluding hydrogens is 236 g/mol. The third-order valence-corrected chi connectivity index (χ3v) is 4.33. The van der Waals surface area contributed by atoms with E-state index in [0.29, 0.717) is 12.3 Å². The van der Waals surface area contributed by atoms with Crippen molar-refractivity contribution in [1.29, 1.82) is 0 Å². The zero-order valence-corrected chi connectivity index (χ0v) is 11.9. The Kier molecular flexibility index (Phi) is 4.83. The molecule has 3 nitrogen and oxygen atoms in total. The van der Waals surface area contributed by atoms with E-state index in [1.807, 2.05) is 12.1 Å². The second kappa shape index (κ2) is 6.40. The summed E-state index contributed by atoms with van der Waals surface area (Å²) in [5, 5.41) is 9.36. The molecule has 0 bridgehead atoms. The van der Waals surface area contributed by atoms with Crippen LogP contribution in [0.4, 0.5) is 0 Å². The fourth-order valence-electron chi connectivity index (χ4n) is 2.98. The van der Waals surface area contributed by atoms with Gasteiger partial charge in [-0.25, -0.2) is 0 Å². The van der Waals surface area contributed by atoms with Crippen molar-refractivity contribution in [3.63, 3.8) is 0 Å². The van der Waals surface area contributed by atoms with Crippen LogP contribution in [0.2, 0.25) is 0 Å². The van der Waals surface area contributed by atoms with Gasteiger partial charge in [-0.05, 0) is 57.0 Å². The van der Waals surface area contributed by atoms with Crippen molar-refractivity contribution in [2.75, 3.05) is 19.6 Å². The van der Waals surface area contributed by atoms with Gasteiger partial charge >= 0.3 is 0 Å². The first-order chi connectivity index (χ1) is 9.14. The lowest BCUT2D eigenvalue weighted by molar-refractivity contribution is 0.114. The monoisotopic (exact) mass is 262 g/mol. The van der Waals surface area contributed by atoms with Crippen LogP contribution in [-0.4, -0.2) is 35.2 Å². The summed E-state index contributed by atoms with van der Waals surface area (Å²) in [7, 11) is 0. The summed E-state index contributed by atoms with van der Waals surface area (Å²) in [6.45, 7) is 5.26. The first kappa shape index (κ1) is 14.4. The highest BCUT2D eigenvalue weighted by atomic mass is 16.3. The van der Waals surface area contributed by atoms with Crippen LogP contribution >= 0.6 is 0 Å². The lowest BCUT2D eigenvalue weighted by Crippen LogP contribution is -2.53. The van der Waals surface area contributed by atoms with Gasteiger partial charge in [-0.3, -0.25) is 4.90 Å². The van der Waals surface area contributed by atoms with Crippen LogP contribution in [0.1, 0.15) is 38.2 Å². The number of nitrogens with zero attached hydrogens (tertiary/aromatic N) is 1. The summed E-state index contributed by atoms with van der Waals surface area (Å²) in [6, 6.07) is 7.52. The van der Waals surface area contributed by atoms with Crippen molar-refractivity contribution in [2.24, 2.45) is 5.73 Å². The number of aromatic hydroxyl groups is 1. The molecule has 0 aromatic heterocycles. The number of nitrogens with two attached hydrogens (primary N) is 1. The number of hydrogen-bond donors (Lipinski definition) is 2. The number of rotatable bonds is 4. The highest BCUT2D eigenvalue weighted by molar-refractivity contribution is 5.27. The highest BCUT2D eigenvalue weighted by Gasteiger charge is 2.30. The summed E-state index contributed by atoms with van der Waals surface area (Å²) in [6.07, 6.45) is 6.20. The van der Waals surface area contributed by atoms with E-state index >= 15 is 0 Å². The van der Waals surface area contributed by atoms with Gasteiger partial charge in [-0.2, -0.15) is 0 Å². The minimum absolute atomic E-state index is 0.0291. The predicted octanol–water partition coefficient (Wildman–Crippen LogP) is 2.53. The summed E-state index contributed by atoms with van der Waals surface area (Å²) in [5.41, 5.74) is 7.35. The number of benzene rings is 1. The van der Waals surface area contributed by atoms with Crippen LogP contribution in [-0.2, 0) is 6.42 Å². The lowest BCUT2D eigenvalue weighted by Gasteiger charge is -2.40. The van der Waals surface area contributed by atoms with Gasteiger partial charge in [0.05, 0.1) is 0 Å². The molecule has 1 atom stereocenters.